The topological polar surface area (TPSA) is 46.1 Å². The average Bonchev–Trinajstić information content (AvgIpc) is 3.03. The van der Waals surface area contributed by atoms with Crippen LogP contribution in [0.15, 0.2) is 4.99 Å². The fraction of sp³-hybridized carbons (Fsp3) is 0.947. The van der Waals surface area contributed by atoms with Crippen LogP contribution in [-0.4, -0.2) is 63.5 Å². The van der Waals surface area contributed by atoms with Crippen LogP contribution in [0.5, 0.6) is 0 Å². The molecular weight excluding hydrogens is 302 g/mol. The Bertz CT molecular complexity index is 349. The molecule has 1 saturated carbocycles. The first-order valence-electron chi connectivity index (χ1n) is 10.0. The van der Waals surface area contributed by atoms with Crippen LogP contribution >= 0.6 is 0 Å². The molecule has 2 unspecified atom stereocenters. The molecule has 0 aromatic carbocycles. The molecule has 1 saturated heterocycles. The zero-order valence-electron chi connectivity index (χ0n) is 15.8. The van der Waals surface area contributed by atoms with Crippen LogP contribution in [-0.2, 0) is 9.47 Å². The maximum Gasteiger partial charge on any atom is 0.194 e. The quantitative estimate of drug-likeness (QED) is 0.378. The van der Waals surface area contributed by atoms with E-state index >= 15 is 0 Å². The van der Waals surface area contributed by atoms with Crippen LogP contribution in [0.25, 0.3) is 0 Å². The van der Waals surface area contributed by atoms with Gasteiger partial charge in [-0.3, -0.25) is 4.99 Å². The van der Waals surface area contributed by atoms with E-state index in [-0.39, 0.29) is 0 Å². The van der Waals surface area contributed by atoms with Gasteiger partial charge in [0, 0.05) is 26.2 Å². The van der Waals surface area contributed by atoms with Gasteiger partial charge in [0.25, 0.3) is 0 Å². The Morgan fingerprint density at radius 3 is 2.29 bits per heavy atom. The van der Waals surface area contributed by atoms with Gasteiger partial charge in [0.2, 0.25) is 0 Å². The van der Waals surface area contributed by atoms with Crippen molar-refractivity contribution in [3.05, 3.63) is 0 Å². The van der Waals surface area contributed by atoms with Crippen LogP contribution in [0.1, 0.15) is 52.4 Å². The molecule has 1 aliphatic carbocycles. The molecule has 0 aromatic heterocycles. The molecule has 1 aliphatic heterocycles. The van der Waals surface area contributed by atoms with E-state index in [0.717, 1.165) is 43.9 Å². The first-order chi connectivity index (χ1) is 11.8. The lowest BCUT2D eigenvalue weighted by molar-refractivity contribution is 0.0497. The standard InChI is InChI=1S/C19H37N3O2/c1-3-5-11-23-13-14-24-12-10-21-19(20-4-2)22-15-17-8-6-7-9-18(17)16-22/h17-18H,3-16H2,1-2H3,(H,20,21). The fourth-order valence-corrected chi connectivity index (χ4v) is 3.79. The Morgan fingerprint density at radius 1 is 1.00 bits per heavy atom. The average molecular weight is 340 g/mol. The number of aliphatic imine (C=N–C) groups is 1. The lowest BCUT2D eigenvalue weighted by Gasteiger charge is -2.22. The number of likely N-dealkylation sites (tertiary alicyclic amines) is 1. The summed E-state index contributed by atoms with van der Waals surface area (Å²) in [5.41, 5.74) is 0. The minimum atomic E-state index is 0.670. The molecule has 0 bridgehead atoms. The van der Waals surface area contributed by atoms with Crippen LogP contribution in [0.2, 0.25) is 0 Å². The number of nitrogens with one attached hydrogen (secondary N) is 1. The highest BCUT2D eigenvalue weighted by atomic mass is 16.5. The highest BCUT2D eigenvalue weighted by Crippen LogP contribution is 2.35. The number of hydrogen-bond donors (Lipinski definition) is 1. The SMILES string of the molecule is CCCCOCCOCCN=C(NCC)N1CC2CCCCC2C1. The van der Waals surface area contributed by atoms with E-state index in [0.29, 0.717) is 19.8 Å². The van der Waals surface area contributed by atoms with Crippen molar-refractivity contribution >= 4 is 5.96 Å². The van der Waals surface area contributed by atoms with Crippen molar-refractivity contribution in [1.29, 1.82) is 0 Å². The molecule has 5 nitrogen and oxygen atoms in total. The third-order valence-corrected chi connectivity index (χ3v) is 5.12. The number of guanidine groups is 1. The van der Waals surface area contributed by atoms with E-state index in [4.69, 9.17) is 14.5 Å². The summed E-state index contributed by atoms with van der Waals surface area (Å²) in [7, 11) is 0. The first-order valence-corrected chi connectivity index (χ1v) is 10.0. The molecule has 1 heterocycles. The van der Waals surface area contributed by atoms with Gasteiger partial charge < -0.3 is 19.7 Å². The van der Waals surface area contributed by atoms with Crippen LogP contribution < -0.4 is 5.32 Å². The zero-order valence-corrected chi connectivity index (χ0v) is 15.8. The van der Waals surface area contributed by atoms with Gasteiger partial charge in [0.15, 0.2) is 5.96 Å². The van der Waals surface area contributed by atoms with E-state index in [1.807, 2.05) is 0 Å². The molecule has 0 aromatic rings. The molecule has 0 spiro atoms. The summed E-state index contributed by atoms with van der Waals surface area (Å²) in [4.78, 5) is 7.24. The van der Waals surface area contributed by atoms with E-state index < -0.39 is 0 Å². The van der Waals surface area contributed by atoms with Gasteiger partial charge >= 0.3 is 0 Å². The van der Waals surface area contributed by atoms with Crippen molar-refractivity contribution in [2.75, 3.05) is 52.6 Å². The Balaban J connectivity index is 1.64. The molecule has 0 radical (unpaired) electrons. The third-order valence-electron chi connectivity index (χ3n) is 5.12. The Labute approximate surface area is 148 Å². The molecule has 0 amide bonds. The molecule has 2 rings (SSSR count). The van der Waals surface area contributed by atoms with Crippen LogP contribution in [0.3, 0.4) is 0 Å². The predicted molar refractivity (Wildman–Crippen MR) is 99.5 cm³/mol. The van der Waals surface area contributed by atoms with Crippen molar-refractivity contribution in [3.63, 3.8) is 0 Å². The van der Waals surface area contributed by atoms with Crippen molar-refractivity contribution in [2.24, 2.45) is 16.8 Å². The minimum Gasteiger partial charge on any atom is -0.379 e. The summed E-state index contributed by atoms with van der Waals surface area (Å²) in [6.07, 6.45) is 7.95. The van der Waals surface area contributed by atoms with E-state index in [9.17, 15) is 0 Å². The van der Waals surface area contributed by atoms with E-state index in [1.165, 1.54) is 45.2 Å². The molecule has 5 heteroatoms. The van der Waals surface area contributed by atoms with Gasteiger partial charge in [-0.15, -0.1) is 0 Å². The normalized spacial score (nSPS) is 24.2. The Morgan fingerprint density at radius 2 is 1.67 bits per heavy atom. The second kappa shape index (κ2) is 11.7. The summed E-state index contributed by atoms with van der Waals surface area (Å²) >= 11 is 0. The number of nitrogens with zero attached hydrogens (tertiary/aromatic N) is 2. The lowest BCUT2D eigenvalue weighted by atomic mass is 9.82. The number of hydrogen-bond acceptors (Lipinski definition) is 3. The summed E-state index contributed by atoms with van der Waals surface area (Å²) in [6, 6.07) is 0. The zero-order chi connectivity index (χ0) is 17.0. The third kappa shape index (κ3) is 6.60. The summed E-state index contributed by atoms with van der Waals surface area (Å²) in [5, 5.41) is 3.46. The molecule has 2 atom stereocenters. The first kappa shape index (κ1) is 19.5. The highest BCUT2D eigenvalue weighted by molar-refractivity contribution is 5.80. The van der Waals surface area contributed by atoms with Crippen molar-refractivity contribution < 1.29 is 9.47 Å². The smallest absolute Gasteiger partial charge is 0.194 e. The second-order valence-electron chi connectivity index (χ2n) is 7.02. The highest BCUT2D eigenvalue weighted by Gasteiger charge is 2.35. The predicted octanol–water partition coefficient (Wildman–Crippen LogP) is 2.91. The number of fused-ring (bicyclic) bond motifs is 1. The Kier molecular flexibility index (Phi) is 9.51. The van der Waals surface area contributed by atoms with Gasteiger partial charge in [0.1, 0.15) is 0 Å². The largest absolute Gasteiger partial charge is 0.379 e. The lowest BCUT2D eigenvalue weighted by Crippen LogP contribution is -2.40. The minimum absolute atomic E-state index is 0.670. The molecule has 1 N–H and O–H groups in total. The summed E-state index contributed by atoms with van der Waals surface area (Å²) in [5.74, 6) is 2.85. The van der Waals surface area contributed by atoms with Crippen LogP contribution in [0.4, 0.5) is 0 Å². The van der Waals surface area contributed by atoms with Gasteiger partial charge in [-0.05, 0) is 38.0 Å². The summed E-state index contributed by atoms with van der Waals surface area (Å²) < 4.78 is 11.1. The van der Waals surface area contributed by atoms with Crippen molar-refractivity contribution in [3.8, 4) is 0 Å². The fourth-order valence-electron chi connectivity index (χ4n) is 3.79. The van der Waals surface area contributed by atoms with Crippen molar-refractivity contribution in [2.45, 2.75) is 52.4 Å². The molecule has 2 aliphatic rings. The number of rotatable bonds is 10. The van der Waals surface area contributed by atoms with E-state index in [2.05, 4.69) is 24.1 Å². The Hall–Kier alpha value is -0.810. The maximum atomic E-state index is 5.62. The number of unbranched alkanes of at least 4 members (excludes halogenated alkanes) is 1. The molecular formula is C19H37N3O2. The van der Waals surface area contributed by atoms with E-state index in [1.54, 1.807) is 0 Å². The molecule has 2 fully saturated rings. The van der Waals surface area contributed by atoms with Crippen LogP contribution in [0, 0.1) is 11.8 Å². The maximum absolute atomic E-state index is 5.62. The summed E-state index contributed by atoms with van der Waals surface area (Å²) in [6.45, 7) is 11.2. The van der Waals surface area contributed by atoms with Gasteiger partial charge in [-0.25, -0.2) is 0 Å². The molecule has 140 valence electrons. The van der Waals surface area contributed by atoms with Gasteiger partial charge in [-0.2, -0.15) is 0 Å². The second-order valence-corrected chi connectivity index (χ2v) is 7.02. The monoisotopic (exact) mass is 339 g/mol. The van der Waals surface area contributed by atoms with Crippen molar-refractivity contribution in [1.82, 2.24) is 10.2 Å². The molecule has 24 heavy (non-hydrogen) atoms. The van der Waals surface area contributed by atoms with Gasteiger partial charge in [0.05, 0.1) is 26.4 Å². The van der Waals surface area contributed by atoms with Gasteiger partial charge in [-0.1, -0.05) is 26.2 Å². The number of ether oxygens (including phenoxy) is 2.